The van der Waals surface area contributed by atoms with E-state index in [0.29, 0.717) is 22.5 Å². The van der Waals surface area contributed by atoms with Gasteiger partial charge in [-0.05, 0) is 24.3 Å². The average molecular weight is 284 g/mol. The van der Waals surface area contributed by atoms with E-state index in [2.05, 4.69) is 25.3 Å². The first-order valence-electron chi connectivity index (χ1n) is 5.93. The third-order valence-electron chi connectivity index (χ3n) is 2.58. The van der Waals surface area contributed by atoms with Crippen LogP contribution < -0.4 is 5.32 Å². The molecule has 6 heteroatoms. The van der Waals surface area contributed by atoms with Gasteiger partial charge < -0.3 is 5.32 Å². The molecular weight excluding hydrogens is 274 g/mol. The lowest BCUT2D eigenvalue weighted by Gasteiger charge is -2.06. The van der Waals surface area contributed by atoms with E-state index in [-0.39, 0.29) is 0 Å². The van der Waals surface area contributed by atoms with Crippen molar-refractivity contribution in [2.75, 3.05) is 5.32 Å². The van der Waals surface area contributed by atoms with Gasteiger partial charge in [-0.2, -0.15) is 0 Å². The number of benzene rings is 1. The van der Waals surface area contributed by atoms with Crippen molar-refractivity contribution in [3.05, 3.63) is 60.1 Å². The van der Waals surface area contributed by atoms with E-state index in [0.717, 1.165) is 5.56 Å². The fraction of sp³-hybridized carbons (Fsp3) is 0. The summed E-state index contributed by atoms with van der Waals surface area (Å²) < 4.78 is 0. The molecule has 0 spiro atoms. The van der Waals surface area contributed by atoms with Crippen LogP contribution in [0, 0.1) is 0 Å². The zero-order chi connectivity index (χ0) is 13.8. The minimum Gasteiger partial charge on any atom is -0.325 e. The van der Waals surface area contributed by atoms with E-state index in [1.807, 2.05) is 24.3 Å². The molecule has 0 aliphatic rings. The van der Waals surface area contributed by atoms with E-state index in [9.17, 15) is 0 Å². The van der Waals surface area contributed by atoms with Gasteiger partial charge in [-0.1, -0.05) is 23.7 Å². The molecule has 0 amide bonds. The second-order valence-corrected chi connectivity index (χ2v) is 4.43. The Bertz CT molecular complexity index is 718. The summed E-state index contributed by atoms with van der Waals surface area (Å²) in [7, 11) is 0. The highest BCUT2D eigenvalue weighted by Crippen LogP contribution is 2.21. The zero-order valence-electron chi connectivity index (χ0n) is 10.4. The number of hydrogen-bond acceptors (Lipinski definition) is 5. The molecule has 2 heterocycles. The van der Waals surface area contributed by atoms with Crippen LogP contribution in [0.5, 0.6) is 0 Å². The number of hydrogen-bond donors (Lipinski definition) is 1. The number of anilines is 2. The predicted octanol–water partition coefficient (Wildman–Crippen LogP) is 3.33. The number of aromatic nitrogens is 4. The van der Waals surface area contributed by atoms with Gasteiger partial charge >= 0.3 is 0 Å². The maximum Gasteiger partial charge on any atom is 0.161 e. The third kappa shape index (κ3) is 2.89. The number of nitrogens with one attached hydrogen (secondary N) is 1. The summed E-state index contributed by atoms with van der Waals surface area (Å²) >= 11 is 5.98. The quantitative estimate of drug-likeness (QED) is 0.799. The van der Waals surface area contributed by atoms with Gasteiger partial charge in [-0.3, -0.25) is 0 Å². The number of halogens is 1. The molecular formula is C14H10ClN5. The van der Waals surface area contributed by atoms with Crippen LogP contribution >= 0.6 is 11.6 Å². The zero-order valence-corrected chi connectivity index (χ0v) is 11.1. The Morgan fingerprint density at radius 3 is 2.65 bits per heavy atom. The fourth-order valence-corrected chi connectivity index (χ4v) is 1.88. The van der Waals surface area contributed by atoms with Gasteiger partial charge in [0, 0.05) is 23.0 Å². The largest absolute Gasteiger partial charge is 0.325 e. The second kappa shape index (κ2) is 5.63. The molecule has 5 nitrogen and oxygen atoms in total. The predicted molar refractivity (Wildman–Crippen MR) is 77.8 cm³/mol. The molecule has 98 valence electrons. The Morgan fingerprint density at radius 2 is 1.85 bits per heavy atom. The summed E-state index contributed by atoms with van der Waals surface area (Å²) in [6, 6.07) is 11.0. The maximum absolute atomic E-state index is 5.98. The highest BCUT2D eigenvalue weighted by atomic mass is 35.5. The van der Waals surface area contributed by atoms with Crippen LogP contribution in [0.2, 0.25) is 5.02 Å². The van der Waals surface area contributed by atoms with Crippen molar-refractivity contribution < 1.29 is 0 Å². The molecule has 0 fully saturated rings. The normalized spacial score (nSPS) is 10.2. The van der Waals surface area contributed by atoms with Crippen molar-refractivity contribution in [1.82, 2.24) is 19.9 Å². The van der Waals surface area contributed by atoms with Crippen LogP contribution in [0.1, 0.15) is 0 Å². The van der Waals surface area contributed by atoms with Crippen molar-refractivity contribution in [3.8, 4) is 11.4 Å². The topological polar surface area (TPSA) is 63.6 Å². The van der Waals surface area contributed by atoms with Crippen molar-refractivity contribution in [3.63, 3.8) is 0 Å². The molecule has 0 atom stereocenters. The first kappa shape index (κ1) is 12.5. The van der Waals surface area contributed by atoms with Crippen molar-refractivity contribution in [2.24, 2.45) is 0 Å². The summed E-state index contributed by atoms with van der Waals surface area (Å²) in [5.41, 5.74) is 0.865. The summed E-state index contributed by atoms with van der Waals surface area (Å²) in [4.78, 5) is 16.6. The molecule has 0 aliphatic carbocycles. The Balaban J connectivity index is 1.90. The van der Waals surface area contributed by atoms with Crippen LogP contribution in [-0.4, -0.2) is 19.9 Å². The maximum atomic E-state index is 5.98. The molecule has 0 saturated carbocycles. The van der Waals surface area contributed by atoms with Crippen LogP contribution in [0.4, 0.5) is 11.6 Å². The molecule has 2 aromatic heterocycles. The summed E-state index contributed by atoms with van der Waals surface area (Å²) in [5.74, 6) is 1.94. The van der Waals surface area contributed by atoms with Crippen LogP contribution in [-0.2, 0) is 0 Å². The third-order valence-corrected chi connectivity index (χ3v) is 2.81. The summed E-state index contributed by atoms with van der Waals surface area (Å²) in [6.45, 7) is 0. The van der Waals surface area contributed by atoms with Crippen molar-refractivity contribution >= 4 is 23.2 Å². The second-order valence-electron chi connectivity index (χ2n) is 4.00. The minimum absolute atomic E-state index is 0.603. The first-order valence-corrected chi connectivity index (χ1v) is 6.31. The highest BCUT2D eigenvalue weighted by molar-refractivity contribution is 6.30. The van der Waals surface area contributed by atoms with Gasteiger partial charge in [0.1, 0.15) is 18.0 Å². The smallest absolute Gasteiger partial charge is 0.161 e. The van der Waals surface area contributed by atoms with Crippen LogP contribution in [0.25, 0.3) is 11.4 Å². The lowest BCUT2D eigenvalue weighted by molar-refractivity contribution is 1.14. The SMILES string of the molecule is Clc1cccc(-c2nccc(Nc3ccncn3)n2)c1. The standard InChI is InChI=1S/C14H10ClN5/c15-11-3-1-2-10(8-11)14-17-7-5-13(20-14)19-12-4-6-16-9-18-12/h1-9H,(H,16,17,18,19,20). The van der Waals surface area contributed by atoms with Gasteiger partial charge in [0.25, 0.3) is 0 Å². The molecule has 1 aromatic carbocycles. The van der Waals surface area contributed by atoms with Crippen molar-refractivity contribution in [2.45, 2.75) is 0 Å². The molecule has 0 saturated heterocycles. The molecule has 0 bridgehead atoms. The van der Waals surface area contributed by atoms with Gasteiger partial charge in [0.15, 0.2) is 5.82 Å². The van der Waals surface area contributed by atoms with E-state index >= 15 is 0 Å². The Hall–Kier alpha value is -2.53. The molecule has 3 aromatic rings. The lowest BCUT2D eigenvalue weighted by atomic mass is 10.2. The average Bonchev–Trinajstić information content (AvgIpc) is 2.49. The monoisotopic (exact) mass is 283 g/mol. The highest BCUT2D eigenvalue weighted by Gasteiger charge is 2.04. The van der Waals surface area contributed by atoms with Crippen LogP contribution in [0.3, 0.4) is 0 Å². The molecule has 20 heavy (non-hydrogen) atoms. The number of rotatable bonds is 3. The summed E-state index contributed by atoms with van der Waals surface area (Å²) in [5, 5.41) is 3.75. The van der Waals surface area contributed by atoms with Crippen LogP contribution in [0.15, 0.2) is 55.1 Å². The fourth-order valence-electron chi connectivity index (χ4n) is 1.69. The molecule has 1 N–H and O–H groups in total. The van der Waals surface area contributed by atoms with E-state index < -0.39 is 0 Å². The van der Waals surface area contributed by atoms with Gasteiger partial charge in [-0.25, -0.2) is 19.9 Å². The Labute approximate surface area is 120 Å². The van der Waals surface area contributed by atoms with E-state index in [1.54, 1.807) is 24.5 Å². The lowest BCUT2D eigenvalue weighted by Crippen LogP contribution is -1.98. The first-order chi connectivity index (χ1) is 9.81. The number of nitrogens with zero attached hydrogens (tertiary/aromatic N) is 4. The molecule has 0 radical (unpaired) electrons. The Morgan fingerprint density at radius 1 is 0.950 bits per heavy atom. The van der Waals surface area contributed by atoms with Gasteiger partial charge in [-0.15, -0.1) is 0 Å². The summed E-state index contributed by atoms with van der Waals surface area (Å²) in [6.07, 6.45) is 4.82. The Kier molecular flexibility index (Phi) is 3.52. The molecule has 0 aliphatic heterocycles. The molecule has 3 rings (SSSR count). The van der Waals surface area contributed by atoms with Gasteiger partial charge in [0.05, 0.1) is 0 Å². The minimum atomic E-state index is 0.603. The molecule has 0 unspecified atom stereocenters. The van der Waals surface area contributed by atoms with Gasteiger partial charge in [0.2, 0.25) is 0 Å². The van der Waals surface area contributed by atoms with E-state index in [1.165, 1.54) is 6.33 Å². The van der Waals surface area contributed by atoms with E-state index in [4.69, 9.17) is 11.6 Å². The van der Waals surface area contributed by atoms with Crippen molar-refractivity contribution in [1.29, 1.82) is 0 Å².